The SMILES string of the molecule is C[C@]12CC=C3C=C4CC[C@H](N5CCC6(COC6)C5)C[C@]45CCC3(O5)[C@@H]1CCC2c1ccc2ccccc2c1. The van der Waals surface area contributed by atoms with Crippen molar-refractivity contribution < 1.29 is 9.47 Å². The second-order valence-electron chi connectivity index (χ2n) is 14.4. The molecule has 2 bridgehead atoms. The third kappa shape index (κ3) is 2.91. The second kappa shape index (κ2) is 7.62. The average Bonchev–Trinajstić information content (AvgIpc) is 3.61. The van der Waals surface area contributed by atoms with Gasteiger partial charge in [0.2, 0.25) is 0 Å². The molecule has 3 nitrogen and oxygen atoms in total. The van der Waals surface area contributed by atoms with E-state index >= 15 is 0 Å². The Labute approximate surface area is 227 Å². The van der Waals surface area contributed by atoms with Crippen LogP contribution in [0.1, 0.15) is 76.2 Å². The first-order valence-electron chi connectivity index (χ1n) is 15.4. The largest absolute Gasteiger partial charge is 0.380 e. The van der Waals surface area contributed by atoms with Gasteiger partial charge in [0.15, 0.2) is 0 Å². The molecule has 7 aliphatic rings. The molecule has 0 N–H and O–H groups in total. The van der Waals surface area contributed by atoms with E-state index in [0.29, 0.717) is 23.3 Å². The Hall–Kier alpha value is -1.94. The highest BCUT2D eigenvalue weighted by Gasteiger charge is 2.66. The van der Waals surface area contributed by atoms with Crippen molar-refractivity contribution in [2.45, 2.75) is 87.9 Å². The Kier molecular flexibility index (Phi) is 4.58. The Morgan fingerprint density at radius 3 is 2.68 bits per heavy atom. The van der Waals surface area contributed by atoms with E-state index in [4.69, 9.17) is 9.47 Å². The number of hydrogen-bond donors (Lipinski definition) is 0. The molecule has 4 aliphatic heterocycles. The van der Waals surface area contributed by atoms with Crippen molar-refractivity contribution >= 4 is 10.8 Å². The van der Waals surface area contributed by atoms with Crippen molar-refractivity contribution in [1.29, 1.82) is 0 Å². The minimum atomic E-state index is -0.0575. The van der Waals surface area contributed by atoms with Crippen molar-refractivity contribution in [2.24, 2.45) is 16.7 Å². The zero-order valence-electron chi connectivity index (χ0n) is 22.9. The predicted octanol–water partition coefficient (Wildman–Crippen LogP) is 7.17. The van der Waals surface area contributed by atoms with E-state index < -0.39 is 0 Å². The first-order chi connectivity index (χ1) is 18.5. The molecule has 0 aromatic heterocycles. The highest BCUT2D eigenvalue weighted by atomic mass is 16.5. The molecule has 6 atom stereocenters. The van der Waals surface area contributed by atoms with Crippen LogP contribution in [0.25, 0.3) is 10.8 Å². The third-order valence-corrected chi connectivity index (χ3v) is 12.6. The summed E-state index contributed by atoms with van der Waals surface area (Å²) in [6.45, 7) is 7.08. The number of fused-ring (bicyclic) bond motifs is 2. The van der Waals surface area contributed by atoms with E-state index in [1.54, 1.807) is 16.7 Å². The van der Waals surface area contributed by atoms with Crippen molar-refractivity contribution in [1.82, 2.24) is 4.90 Å². The van der Waals surface area contributed by atoms with Crippen LogP contribution in [0.2, 0.25) is 0 Å². The van der Waals surface area contributed by atoms with Crippen LogP contribution in [0.5, 0.6) is 0 Å². The fraction of sp³-hybridized carbons (Fsp3) is 0.600. The average molecular weight is 508 g/mol. The van der Waals surface area contributed by atoms with Crippen molar-refractivity contribution in [3.05, 3.63) is 71.3 Å². The molecule has 0 amide bonds. The number of rotatable bonds is 2. The van der Waals surface area contributed by atoms with Crippen LogP contribution in [0.3, 0.4) is 0 Å². The highest BCUT2D eigenvalue weighted by Crippen LogP contribution is 2.69. The minimum absolute atomic E-state index is 0.00852. The first kappa shape index (κ1) is 22.8. The normalized spacial score (nSPS) is 42.8. The van der Waals surface area contributed by atoms with Gasteiger partial charge in [0.1, 0.15) is 0 Å². The lowest BCUT2D eigenvalue weighted by Gasteiger charge is -2.55. The summed E-state index contributed by atoms with van der Waals surface area (Å²) in [7, 11) is 0. The Morgan fingerprint density at radius 2 is 1.84 bits per heavy atom. The Morgan fingerprint density at radius 1 is 0.947 bits per heavy atom. The lowest BCUT2D eigenvalue weighted by atomic mass is 9.58. The van der Waals surface area contributed by atoms with E-state index in [-0.39, 0.29) is 16.6 Å². The van der Waals surface area contributed by atoms with Gasteiger partial charge >= 0.3 is 0 Å². The summed E-state index contributed by atoms with van der Waals surface area (Å²) >= 11 is 0. The van der Waals surface area contributed by atoms with Crippen LogP contribution in [0, 0.1) is 16.7 Å². The summed E-state index contributed by atoms with van der Waals surface area (Å²) in [6.07, 6.45) is 16.5. The van der Waals surface area contributed by atoms with Crippen molar-refractivity contribution in [3.63, 3.8) is 0 Å². The van der Waals surface area contributed by atoms with Crippen molar-refractivity contribution in [3.8, 4) is 0 Å². The summed E-state index contributed by atoms with van der Waals surface area (Å²) in [5.74, 6) is 1.23. The predicted molar refractivity (Wildman–Crippen MR) is 151 cm³/mol. The van der Waals surface area contributed by atoms with Gasteiger partial charge in [-0.1, -0.05) is 61.5 Å². The molecule has 3 saturated heterocycles. The van der Waals surface area contributed by atoms with E-state index in [1.807, 2.05) is 0 Å². The fourth-order valence-electron chi connectivity index (χ4n) is 10.6. The van der Waals surface area contributed by atoms with Crippen LogP contribution in [-0.2, 0) is 9.47 Å². The molecule has 2 saturated carbocycles. The Bertz CT molecular complexity index is 1390. The van der Waals surface area contributed by atoms with Crippen LogP contribution >= 0.6 is 0 Å². The molecule has 198 valence electrons. The number of allylic oxidation sites excluding steroid dienone is 1. The van der Waals surface area contributed by atoms with Gasteiger partial charge in [-0.15, -0.1) is 0 Å². The molecule has 0 radical (unpaired) electrons. The lowest BCUT2D eigenvalue weighted by Crippen LogP contribution is -2.55. The molecular weight excluding hydrogens is 466 g/mol. The molecule has 4 heterocycles. The molecule has 9 rings (SSSR count). The fourth-order valence-corrected chi connectivity index (χ4v) is 10.6. The van der Waals surface area contributed by atoms with E-state index in [0.717, 1.165) is 13.2 Å². The molecule has 2 unspecified atom stereocenters. The number of ether oxygens (including phenoxy) is 2. The standard InChI is InChI=1S/C35H41NO2/c1-32-13-12-28-19-27-8-9-29(36-17-16-33(21-36)22-37-23-33)20-34(27)14-15-35(28,38-34)31(32)11-10-30(32)26-7-6-24-4-2-3-5-25(24)18-26/h2-7,12,18-19,29-31H,8-11,13-17,20-23H2,1H3/t29-,30?,31+,32+,34+,35?/m0/s1. The molecule has 2 aromatic carbocycles. The zero-order chi connectivity index (χ0) is 25.2. The van der Waals surface area contributed by atoms with Crippen LogP contribution in [0.4, 0.5) is 0 Å². The van der Waals surface area contributed by atoms with Gasteiger partial charge in [0.25, 0.3) is 0 Å². The maximum atomic E-state index is 7.61. The van der Waals surface area contributed by atoms with Gasteiger partial charge in [-0.25, -0.2) is 0 Å². The summed E-state index contributed by atoms with van der Waals surface area (Å²) in [5.41, 5.74) is 5.39. The summed E-state index contributed by atoms with van der Waals surface area (Å²) < 4.78 is 13.2. The molecule has 5 fully saturated rings. The van der Waals surface area contributed by atoms with E-state index in [2.05, 4.69) is 66.4 Å². The number of nitrogens with zero attached hydrogens (tertiary/aromatic N) is 1. The summed E-state index contributed by atoms with van der Waals surface area (Å²) in [5, 5.41) is 2.74. The third-order valence-electron chi connectivity index (χ3n) is 12.6. The molecular formula is C35H41NO2. The number of hydrogen-bond acceptors (Lipinski definition) is 3. The van der Waals surface area contributed by atoms with Gasteiger partial charge in [-0.3, -0.25) is 4.90 Å². The van der Waals surface area contributed by atoms with Gasteiger partial charge < -0.3 is 9.47 Å². The molecule has 3 spiro atoms. The lowest BCUT2D eigenvalue weighted by molar-refractivity contribution is -0.142. The van der Waals surface area contributed by atoms with E-state index in [1.165, 1.54) is 81.6 Å². The van der Waals surface area contributed by atoms with Crippen molar-refractivity contribution in [2.75, 3.05) is 26.3 Å². The van der Waals surface area contributed by atoms with Gasteiger partial charge in [-0.05, 0) is 109 Å². The van der Waals surface area contributed by atoms with Gasteiger partial charge in [0, 0.05) is 18.0 Å². The monoisotopic (exact) mass is 507 g/mol. The van der Waals surface area contributed by atoms with Crippen LogP contribution < -0.4 is 0 Å². The molecule has 3 heteroatoms. The van der Waals surface area contributed by atoms with Crippen LogP contribution in [-0.4, -0.2) is 48.4 Å². The highest BCUT2D eigenvalue weighted by molar-refractivity contribution is 5.83. The quantitative estimate of drug-likeness (QED) is 0.430. The van der Waals surface area contributed by atoms with E-state index in [9.17, 15) is 0 Å². The topological polar surface area (TPSA) is 21.7 Å². The maximum Gasteiger partial charge on any atom is 0.0974 e. The summed E-state index contributed by atoms with van der Waals surface area (Å²) in [4.78, 5) is 2.82. The van der Waals surface area contributed by atoms with Gasteiger partial charge in [0.05, 0.1) is 24.4 Å². The summed E-state index contributed by atoms with van der Waals surface area (Å²) in [6, 6.07) is 16.8. The first-order valence-corrected chi connectivity index (χ1v) is 15.4. The van der Waals surface area contributed by atoms with Crippen LogP contribution in [0.15, 0.2) is 65.8 Å². The van der Waals surface area contributed by atoms with Gasteiger partial charge in [-0.2, -0.15) is 0 Å². The number of likely N-dealkylation sites (tertiary alicyclic amines) is 1. The number of benzene rings is 2. The zero-order valence-corrected chi connectivity index (χ0v) is 22.9. The minimum Gasteiger partial charge on any atom is -0.380 e. The smallest absolute Gasteiger partial charge is 0.0974 e. The molecule has 3 aliphatic carbocycles. The maximum absolute atomic E-state index is 7.61. The molecule has 2 aromatic rings. The molecule has 38 heavy (non-hydrogen) atoms. The second-order valence-corrected chi connectivity index (χ2v) is 14.4. The Balaban J connectivity index is 1.03.